The number of carbonyl (C=O) groups is 1. The first-order valence-corrected chi connectivity index (χ1v) is 7.77. The fourth-order valence-corrected chi connectivity index (χ4v) is 3.18. The van der Waals surface area contributed by atoms with Crippen molar-refractivity contribution in [3.8, 4) is 10.6 Å². The molecular weight excluding hydrogens is 282 g/mol. The second kappa shape index (κ2) is 6.83. The van der Waals surface area contributed by atoms with Gasteiger partial charge in [0.05, 0.1) is 6.04 Å². The van der Waals surface area contributed by atoms with Gasteiger partial charge in [-0.05, 0) is 26.5 Å². The molecule has 112 valence electrons. The van der Waals surface area contributed by atoms with Gasteiger partial charge in [-0.3, -0.25) is 9.69 Å². The predicted molar refractivity (Wildman–Crippen MR) is 87.3 cm³/mol. The third-order valence-electron chi connectivity index (χ3n) is 3.62. The highest BCUT2D eigenvalue weighted by molar-refractivity contribution is 7.15. The van der Waals surface area contributed by atoms with Gasteiger partial charge in [0.1, 0.15) is 5.01 Å². The maximum atomic E-state index is 11.6. The lowest BCUT2D eigenvalue weighted by Crippen LogP contribution is -2.41. The minimum Gasteiger partial charge on any atom is -0.358 e. The van der Waals surface area contributed by atoms with Gasteiger partial charge in [-0.2, -0.15) is 0 Å². The Kier molecular flexibility index (Phi) is 5.09. The number of thiazole rings is 1. The Balaban J connectivity index is 2.11. The summed E-state index contributed by atoms with van der Waals surface area (Å²) in [6.07, 6.45) is 1.90. The van der Waals surface area contributed by atoms with Gasteiger partial charge < -0.3 is 5.32 Å². The van der Waals surface area contributed by atoms with E-state index in [2.05, 4.69) is 29.4 Å². The molecule has 2 aromatic rings. The van der Waals surface area contributed by atoms with E-state index in [1.807, 2.05) is 37.2 Å². The Morgan fingerprint density at radius 2 is 2.14 bits per heavy atom. The minimum absolute atomic E-state index is 0.0288. The van der Waals surface area contributed by atoms with Gasteiger partial charge >= 0.3 is 0 Å². The smallest absolute Gasteiger partial charge is 0.236 e. The molecule has 1 amide bonds. The number of aryl methyl sites for hydroxylation is 1. The van der Waals surface area contributed by atoms with Gasteiger partial charge in [-0.25, -0.2) is 4.98 Å². The van der Waals surface area contributed by atoms with E-state index in [4.69, 9.17) is 0 Å². The first-order valence-electron chi connectivity index (χ1n) is 6.95. The van der Waals surface area contributed by atoms with Crippen molar-refractivity contribution in [3.63, 3.8) is 0 Å². The molecule has 0 aliphatic rings. The molecule has 0 bridgehead atoms. The van der Waals surface area contributed by atoms with E-state index in [0.29, 0.717) is 0 Å². The highest BCUT2D eigenvalue weighted by Gasteiger charge is 2.17. The van der Waals surface area contributed by atoms with Crippen molar-refractivity contribution in [2.24, 2.45) is 0 Å². The fourth-order valence-electron chi connectivity index (χ4n) is 2.11. The molecule has 4 nitrogen and oxygen atoms in total. The lowest BCUT2D eigenvalue weighted by atomic mass is 10.1. The van der Waals surface area contributed by atoms with E-state index in [1.54, 1.807) is 18.4 Å². The molecule has 21 heavy (non-hydrogen) atoms. The molecule has 0 saturated carbocycles. The summed E-state index contributed by atoms with van der Waals surface area (Å²) in [5.41, 5.74) is 2.40. The lowest BCUT2D eigenvalue weighted by Gasteiger charge is -2.22. The van der Waals surface area contributed by atoms with Crippen LogP contribution in [0.25, 0.3) is 10.6 Å². The Morgan fingerprint density at radius 3 is 2.81 bits per heavy atom. The molecular formula is C16H21N3OS. The summed E-state index contributed by atoms with van der Waals surface area (Å²) in [7, 11) is 3.61. The molecule has 0 aliphatic carbocycles. The van der Waals surface area contributed by atoms with Gasteiger partial charge in [0.2, 0.25) is 5.91 Å². The van der Waals surface area contributed by atoms with E-state index in [1.165, 1.54) is 11.1 Å². The average molecular weight is 303 g/mol. The summed E-state index contributed by atoms with van der Waals surface area (Å²) in [5, 5.41) is 3.71. The van der Waals surface area contributed by atoms with Crippen LogP contribution in [0.3, 0.4) is 0 Å². The van der Waals surface area contributed by atoms with E-state index in [0.717, 1.165) is 16.4 Å². The molecule has 1 unspecified atom stereocenters. The van der Waals surface area contributed by atoms with E-state index < -0.39 is 0 Å². The van der Waals surface area contributed by atoms with Gasteiger partial charge in [0.25, 0.3) is 0 Å². The quantitative estimate of drug-likeness (QED) is 0.923. The van der Waals surface area contributed by atoms with Crippen molar-refractivity contribution in [3.05, 3.63) is 40.9 Å². The van der Waals surface area contributed by atoms with Crippen molar-refractivity contribution >= 4 is 17.2 Å². The van der Waals surface area contributed by atoms with Crippen molar-refractivity contribution in [2.75, 3.05) is 14.1 Å². The zero-order valence-electron chi connectivity index (χ0n) is 12.9. The van der Waals surface area contributed by atoms with Crippen LogP contribution in [-0.4, -0.2) is 35.9 Å². The maximum Gasteiger partial charge on any atom is 0.236 e. The molecule has 1 atom stereocenters. The molecule has 5 heteroatoms. The largest absolute Gasteiger partial charge is 0.358 e. The number of amides is 1. The fraction of sp³-hybridized carbons (Fsp3) is 0.375. The van der Waals surface area contributed by atoms with E-state index >= 15 is 0 Å². The molecule has 1 heterocycles. The average Bonchev–Trinajstić information content (AvgIpc) is 2.94. The number of benzene rings is 1. The molecule has 1 N–H and O–H groups in total. The summed E-state index contributed by atoms with van der Waals surface area (Å²) in [6.45, 7) is 4.72. The normalized spacial score (nSPS) is 12.4. The number of rotatable bonds is 5. The number of likely N-dealkylation sites (N-methyl/N-ethyl adjacent to an activating group) is 2. The van der Waals surface area contributed by atoms with Crippen LogP contribution in [0, 0.1) is 6.92 Å². The number of carbonyl (C=O) groups excluding carboxylic acids is 1. The van der Waals surface area contributed by atoms with Gasteiger partial charge in [-0.15, -0.1) is 11.3 Å². The zero-order valence-corrected chi connectivity index (χ0v) is 13.7. The van der Waals surface area contributed by atoms with Crippen LogP contribution < -0.4 is 5.32 Å². The first-order chi connectivity index (χ1) is 10.0. The summed E-state index contributed by atoms with van der Waals surface area (Å²) in [4.78, 5) is 19.3. The highest BCUT2D eigenvalue weighted by atomic mass is 32.1. The van der Waals surface area contributed by atoms with Crippen LogP contribution in [0.4, 0.5) is 0 Å². The highest BCUT2D eigenvalue weighted by Crippen LogP contribution is 2.28. The Morgan fingerprint density at radius 1 is 1.43 bits per heavy atom. The van der Waals surface area contributed by atoms with Gasteiger partial charge in [-0.1, -0.05) is 24.3 Å². The minimum atomic E-state index is -0.154. The van der Waals surface area contributed by atoms with Crippen LogP contribution in [-0.2, 0) is 11.3 Å². The van der Waals surface area contributed by atoms with Crippen LogP contribution in [0.5, 0.6) is 0 Å². The summed E-state index contributed by atoms with van der Waals surface area (Å²) in [5.74, 6) is 0.0288. The maximum absolute atomic E-state index is 11.6. The second-order valence-corrected chi connectivity index (χ2v) is 6.27. The van der Waals surface area contributed by atoms with E-state index in [9.17, 15) is 4.79 Å². The standard InChI is InChI=1S/C16H21N3OS/c1-11-7-5-6-8-14(11)16-18-9-13(21-16)10-19(4)12(2)15(20)17-3/h5-9,12H,10H2,1-4H3,(H,17,20). The molecule has 1 aromatic heterocycles. The summed E-state index contributed by atoms with van der Waals surface area (Å²) in [6, 6.07) is 8.10. The molecule has 0 saturated heterocycles. The third-order valence-corrected chi connectivity index (χ3v) is 4.64. The van der Waals surface area contributed by atoms with E-state index in [-0.39, 0.29) is 11.9 Å². The lowest BCUT2D eigenvalue weighted by molar-refractivity contribution is -0.125. The van der Waals surface area contributed by atoms with Crippen molar-refractivity contribution in [1.82, 2.24) is 15.2 Å². The molecule has 0 radical (unpaired) electrons. The number of nitrogens with zero attached hydrogens (tertiary/aromatic N) is 2. The number of hydrogen-bond acceptors (Lipinski definition) is 4. The van der Waals surface area contributed by atoms with Crippen LogP contribution in [0.1, 0.15) is 17.4 Å². The number of nitrogens with one attached hydrogen (secondary N) is 1. The molecule has 0 aliphatic heterocycles. The topological polar surface area (TPSA) is 45.2 Å². The van der Waals surface area contributed by atoms with Crippen molar-refractivity contribution in [1.29, 1.82) is 0 Å². The summed E-state index contributed by atoms with van der Waals surface area (Å²) < 4.78 is 0. The summed E-state index contributed by atoms with van der Waals surface area (Å²) >= 11 is 1.68. The van der Waals surface area contributed by atoms with Crippen LogP contribution in [0.15, 0.2) is 30.5 Å². The zero-order chi connectivity index (χ0) is 15.4. The monoisotopic (exact) mass is 303 g/mol. The first kappa shape index (κ1) is 15.7. The number of hydrogen-bond donors (Lipinski definition) is 1. The number of aromatic nitrogens is 1. The molecule has 0 spiro atoms. The van der Waals surface area contributed by atoms with Gasteiger partial charge in [0.15, 0.2) is 0 Å². The van der Waals surface area contributed by atoms with Crippen LogP contribution in [0.2, 0.25) is 0 Å². The SMILES string of the molecule is CNC(=O)C(C)N(C)Cc1cnc(-c2ccccc2C)s1. The van der Waals surface area contributed by atoms with Gasteiger partial charge in [0, 0.05) is 30.2 Å². The van der Waals surface area contributed by atoms with Crippen molar-refractivity contribution < 1.29 is 4.79 Å². The second-order valence-electron chi connectivity index (χ2n) is 5.15. The Labute approximate surface area is 129 Å². The third kappa shape index (κ3) is 3.68. The van der Waals surface area contributed by atoms with Crippen LogP contribution >= 0.6 is 11.3 Å². The Bertz CT molecular complexity index is 623. The molecule has 1 aromatic carbocycles. The molecule has 2 rings (SSSR count). The predicted octanol–water partition coefficient (Wildman–Crippen LogP) is 2.68. The van der Waals surface area contributed by atoms with Crippen molar-refractivity contribution in [2.45, 2.75) is 26.4 Å². The molecule has 0 fully saturated rings. The Hall–Kier alpha value is -1.72.